The zero-order chi connectivity index (χ0) is 31.8. The third-order valence-electron chi connectivity index (χ3n) is 9.60. The highest BCUT2D eigenvalue weighted by molar-refractivity contribution is 5.86. The molecule has 0 radical (unpaired) electrons. The summed E-state index contributed by atoms with van der Waals surface area (Å²) in [4.78, 5) is 17.4. The van der Waals surface area contributed by atoms with E-state index in [-0.39, 0.29) is 31.0 Å². The van der Waals surface area contributed by atoms with Gasteiger partial charge in [0.2, 0.25) is 5.79 Å². The van der Waals surface area contributed by atoms with Gasteiger partial charge in [0.1, 0.15) is 30.0 Å². The zero-order valence-electron chi connectivity index (χ0n) is 26.3. The van der Waals surface area contributed by atoms with Crippen LogP contribution in [0.4, 0.5) is 0 Å². The fourth-order valence-electron chi connectivity index (χ4n) is 6.86. The van der Waals surface area contributed by atoms with Gasteiger partial charge < -0.3 is 43.6 Å². The molecule has 5 rings (SSSR count). The molecule has 242 valence electrons. The molecule has 1 aromatic heterocycles. The van der Waals surface area contributed by atoms with Crippen LogP contribution >= 0.6 is 0 Å². The summed E-state index contributed by atoms with van der Waals surface area (Å²) in [5.74, 6) is -1.11. The number of hydrogen-bond donors (Lipinski definition) is 3. The summed E-state index contributed by atoms with van der Waals surface area (Å²) in [6.07, 6.45) is 10.2. The van der Waals surface area contributed by atoms with Crippen molar-refractivity contribution in [2.45, 2.75) is 82.6 Å². The summed E-state index contributed by atoms with van der Waals surface area (Å²) in [6.45, 7) is 8.23. The van der Waals surface area contributed by atoms with E-state index in [1.54, 1.807) is 24.1 Å². The fraction of sp³-hybridized carbons (Fsp3) is 0.636. The minimum absolute atomic E-state index is 0.0349. The summed E-state index contributed by atoms with van der Waals surface area (Å²) >= 11 is 0. The van der Waals surface area contributed by atoms with Crippen molar-refractivity contribution in [2.24, 2.45) is 30.7 Å². The SMILES string of the molecule is CO[C@]12C=C[C@](C)(O1)[C@@H](OC(=O)/C=C/c1cn(C)cn1)C[C@@H]1C(C)=CC[C@H](C(C)C)[C@@H]1/C=C\2CO[C@H]1OC[C@H](O)[C@H](O)[C@@H]1O. The van der Waals surface area contributed by atoms with Gasteiger partial charge >= 0.3 is 5.97 Å². The first-order valence-electron chi connectivity index (χ1n) is 15.3. The standard InChI is InChI=1S/C33H46N2O9/c1-19(2)23-9-7-20(3)24-14-27(43-28(37)10-8-22-15-35(5)18-34-22)32(4)11-12-33(40-6,44-32)21(13-25(23)24)16-41-31-30(39)29(38)26(36)17-42-31/h7-8,10-13,15,18-19,23-27,29-31,36,38-39H,9,14,16-17H2,1-6H3/b10-8+,21-13-/t23-,24-,25+,26+,27+,29+,30+,31+,32+,33-/m1/s1. The molecule has 0 spiro atoms. The van der Waals surface area contributed by atoms with Crippen molar-refractivity contribution in [3.8, 4) is 0 Å². The van der Waals surface area contributed by atoms with E-state index in [0.29, 0.717) is 23.6 Å². The van der Waals surface area contributed by atoms with Crippen molar-refractivity contribution >= 4 is 12.0 Å². The summed E-state index contributed by atoms with van der Waals surface area (Å²) in [5, 5.41) is 30.6. The van der Waals surface area contributed by atoms with Crippen molar-refractivity contribution in [3.63, 3.8) is 0 Å². The molecule has 4 aliphatic rings. The van der Waals surface area contributed by atoms with Crippen LogP contribution in [0.25, 0.3) is 6.08 Å². The highest BCUT2D eigenvalue weighted by atomic mass is 16.7. The topological polar surface area (TPSA) is 142 Å². The Labute approximate surface area is 258 Å². The third-order valence-corrected chi connectivity index (χ3v) is 9.60. The van der Waals surface area contributed by atoms with E-state index in [0.717, 1.165) is 6.42 Å². The number of allylic oxidation sites excluding steroid dienone is 3. The molecule has 1 fully saturated rings. The van der Waals surface area contributed by atoms with Crippen LogP contribution in [-0.2, 0) is 35.5 Å². The van der Waals surface area contributed by atoms with Crippen LogP contribution in [0.5, 0.6) is 0 Å². The molecular weight excluding hydrogens is 568 g/mol. The number of hydrogen-bond acceptors (Lipinski definition) is 10. The number of methoxy groups -OCH3 is 1. The molecule has 2 bridgehead atoms. The lowest BCUT2D eigenvalue weighted by atomic mass is 9.65. The van der Waals surface area contributed by atoms with Crippen LogP contribution in [0.3, 0.4) is 0 Å². The van der Waals surface area contributed by atoms with Crippen molar-refractivity contribution < 1.29 is 43.8 Å². The Bertz CT molecular complexity index is 1320. The molecular formula is C33H46N2O9. The van der Waals surface area contributed by atoms with Gasteiger partial charge in [0.05, 0.1) is 25.2 Å². The molecule has 3 aliphatic heterocycles. The van der Waals surface area contributed by atoms with E-state index in [2.05, 4.69) is 37.9 Å². The van der Waals surface area contributed by atoms with Crippen molar-refractivity contribution in [2.75, 3.05) is 20.3 Å². The first-order valence-corrected chi connectivity index (χ1v) is 15.3. The normalized spacial score (nSPS) is 40.1. The summed E-state index contributed by atoms with van der Waals surface area (Å²) in [5.41, 5.74) is 1.50. The maximum Gasteiger partial charge on any atom is 0.331 e. The van der Waals surface area contributed by atoms with Crippen LogP contribution in [0.15, 0.2) is 54.1 Å². The number of aliphatic hydroxyl groups excluding tert-OH is 3. The molecule has 0 aromatic carbocycles. The highest BCUT2D eigenvalue weighted by Crippen LogP contribution is 2.49. The molecule has 4 heterocycles. The van der Waals surface area contributed by atoms with Gasteiger partial charge in [-0.05, 0) is 68.6 Å². The van der Waals surface area contributed by atoms with E-state index in [1.165, 1.54) is 11.6 Å². The first kappa shape index (κ1) is 32.7. The maximum absolute atomic E-state index is 13.2. The molecule has 11 heteroatoms. The van der Waals surface area contributed by atoms with Crippen LogP contribution in [0, 0.1) is 23.7 Å². The van der Waals surface area contributed by atoms with Gasteiger partial charge in [-0.1, -0.05) is 31.6 Å². The van der Waals surface area contributed by atoms with Gasteiger partial charge in [-0.25, -0.2) is 9.78 Å². The Hall–Kier alpha value is -2.64. The van der Waals surface area contributed by atoms with Crippen LogP contribution < -0.4 is 0 Å². The van der Waals surface area contributed by atoms with Gasteiger partial charge in [0, 0.05) is 32.0 Å². The van der Waals surface area contributed by atoms with Crippen molar-refractivity contribution in [1.82, 2.24) is 9.55 Å². The van der Waals surface area contributed by atoms with Gasteiger partial charge in [0.15, 0.2) is 6.29 Å². The number of fused-ring (bicyclic) bond motifs is 3. The van der Waals surface area contributed by atoms with E-state index < -0.39 is 48.1 Å². The largest absolute Gasteiger partial charge is 0.456 e. The number of aryl methyl sites for hydroxylation is 1. The molecule has 44 heavy (non-hydrogen) atoms. The van der Waals surface area contributed by atoms with Gasteiger partial charge in [-0.3, -0.25) is 0 Å². The fourth-order valence-corrected chi connectivity index (χ4v) is 6.86. The summed E-state index contributed by atoms with van der Waals surface area (Å²) in [6, 6.07) is 0. The van der Waals surface area contributed by atoms with Gasteiger partial charge in [-0.15, -0.1) is 0 Å². The Balaban J connectivity index is 1.48. The number of carbonyl (C=O) groups is 1. The monoisotopic (exact) mass is 614 g/mol. The quantitative estimate of drug-likeness (QED) is 0.227. The molecule has 0 saturated carbocycles. The second-order valence-corrected chi connectivity index (χ2v) is 13.0. The number of esters is 1. The number of ether oxygens (including phenoxy) is 5. The molecule has 10 atom stereocenters. The average molecular weight is 615 g/mol. The Morgan fingerprint density at radius 3 is 2.70 bits per heavy atom. The number of rotatable bonds is 8. The lowest BCUT2D eigenvalue weighted by Gasteiger charge is -2.41. The van der Waals surface area contributed by atoms with Crippen molar-refractivity contribution in [1.29, 1.82) is 0 Å². The Kier molecular flexibility index (Phi) is 9.67. The van der Waals surface area contributed by atoms with Crippen LogP contribution in [0.2, 0.25) is 0 Å². The number of carbonyl (C=O) groups excluding carboxylic acids is 1. The van der Waals surface area contributed by atoms with E-state index in [4.69, 9.17) is 23.7 Å². The minimum atomic E-state index is -1.43. The molecule has 1 aliphatic carbocycles. The van der Waals surface area contributed by atoms with Crippen LogP contribution in [-0.4, -0.2) is 93.3 Å². The predicted octanol–water partition coefficient (Wildman–Crippen LogP) is 2.67. The number of nitrogens with zero attached hydrogens (tertiary/aromatic N) is 2. The Morgan fingerprint density at radius 2 is 2.02 bits per heavy atom. The number of aromatic nitrogens is 2. The first-order chi connectivity index (χ1) is 20.9. The molecule has 0 amide bonds. The molecule has 11 nitrogen and oxygen atoms in total. The van der Waals surface area contributed by atoms with E-state index in [9.17, 15) is 20.1 Å². The Morgan fingerprint density at radius 1 is 1.25 bits per heavy atom. The second kappa shape index (κ2) is 13.0. The lowest BCUT2D eigenvalue weighted by molar-refractivity contribution is -0.272. The van der Waals surface area contributed by atoms with Gasteiger partial charge in [0.25, 0.3) is 0 Å². The second-order valence-electron chi connectivity index (χ2n) is 13.0. The third kappa shape index (κ3) is 6.50. The maximum atomic E-state index is 13.2. The van der Waals surface area contributed by atoms with Crippen molar-refractivity contribution in [3.05, 3.63) is 59.7 Å². The summed E-state index contributed by atoms with van der Waals surface area (Å²) in [7, 11) is 3.41. The van der Waals surface area contributed by atoms with Gasteiger partial charge in [-0.2, -0.15) is 0 Å². The highest BCUT2D eigenvalue weighted by Gasteiger charge is 2.53. The number of imidazole rings is 1. The lowest BCUT2D eigenvalue weighted by Crippen LogP contribution is -2.54. The zero-order valence-corrected chi connectivity index (χ0v) is 26.3. The average Bonchev–Trinajstić information content (AvgIpc) is 3.58. The molecule has 1 saturated heterocycles. The molecule has 3 N–H and O–H groups in total. The van der Waals surface area contributed by atoms with E-state index in [1.807, 2.05) is 32.3 Å². The molecule has 0 unspecified atom stereocenters. The minimum Gasteiger partial charge on any atom is -0.456 e. The molecule has 1 aromatic rings. The smallest absolute Gasteiger partial charge is 0.331 e. The predicted molar refractivity (Wildman–Crippen MR) is 161 cm³/mol. The number of aliphatic hydroxyl groups is 3. The van der Waals surface area contributed by atoms with E-state index >= 15 is 0 Å². The summed E-state index contributed by atoms with van der Waals surface area (Å²) < 4.78 is 32.4. The van der Waals surface area contributed by atoms with Crippen LogP contribution in [0.1, 0.15) is 46.2 Å².